The molecule has 0 aliphatic heterocycles. The number of benzene rings is 1. The number of hydrogen-bond donors (Lipinski definition) is 2. The molecule has 19 heavy (non-hydrogen) atoms. The highest BCUT2D eigenvalue weighted by Gasteiger charge is 2.34. The molecule has 0 bridgehead atoms. The van der Waals surface area contributed by atoms with Crippen LogP contribution >= 0.6 is 39.7 Å². The minimum absolute atomic E-state index is 0. The number of halogens is 2. The highest BCUT2D eigenvalue weighted by Crippen LogP contribution is 2.37. The lowest BCUT2D eigenvalue weighted by molar-refractivity contribution is 0.386. The van der Waals surface area contributed by atoms with Gasteiger partial charge in [-0.25, -0.2) is 4.98 Å². The number of nitrogens with two attached hydrogens (primary N) is 2. The van der Waals surface area contributed by atoms with Gasteiger partial charge < -0.3 is 11.5 Å². The van der Waals surface area contributed by atoms with E-state index < -0.39 is 0 Å². The quantitative estimate of drug-likeness (QED) is 0.820. The first kappa shape index (κ1) is 14.8. The van der Waals surface area contributed by atoms with Crippen LogP contribution in [0.4, 0.5) is 5.13 Å². The van der Waals surface area contributed by atoms with Crippen molar-refractivity contribution in [2.75, 3.05) is 5.73 Å². The van der Waals surface area contributed by atoms with Crippen molar-refractivity contribution in [1.82, 2.24) is 4.98 Å². The molecule has 102 valence electrons. The molecular formula is C13H15BrClN3S. The third-order valence-corrected chi connectivity index (χ3v) is 4.95. The van der Waals surface area contributed by atoms with E-state index in [9.17, 15) is 0 Å². The van der Waals surface area contributed by atoms with Gasteiger partial charge in [0, 0.05) is 21.3 Å². The monoisotopic (exact) mass is 359 g/mol. The van der Waals surface area contributed by atoms with Crippen LogP contribution in [0.5, 0.6) is 0 Å². The van der Waals surface area contributed by atoms with Crippen LogP contribution in [-0.2, 0) is 18.4 Å². The highest BCUT2D eigenvalue weighted by molar-refractivity contribution is 9.10. The Morgan fingerprint density at radius 1 is 1.26 bits per heavy atom. The molecule has 3 nitrogen and oxygen atoms in total. The zero-order valence-corrected chi connectivity index (χ0v) is 13.4. The molecule has 0 saturated carbocycles. The largest absolute Gasteiger partial charge is 0.375 e. The number of hydrogen-bond acceptors (Lipinski definition) is 4. The minimum atomic E-state index is -0.285. The molecule has 0 spiro atoms. The van der Waals surface area contributed by atoms with Crippen LogP contribution in [0.25, 0.3) is 0 Å². The molecule has 0 radical (unpaired) electrons. The molecule has 1 aromatic heterocycles. The van der Waals surface area contributed by atoms with Gasteiger partial charge in [0.2, 0.25) is 0 Å². The predicted molar refractivity (Wildman–Crippen MR) is 85.8 cm³/mol. The molecule has 0 saturated heterocycles. The fourth-order valence-electron chi connectivity index (χ4n) is 2.48. The fourth-order valence-corrected chi connectivity index (χ4v) is 3.75. The van der Waals surface area contributed by atoms with Gasteiger partial charge in [-0.2, -0.15) is 0 Å². The van der Waals surface area contributed by atoms with Crippen LogP contribution in [0.3, 0.4) is 0 Å². The summed E-state index contributed by atoms with van der Waals surface area (Å²) in [4.78, 5) is 5.60. The standard InChI is InChI=1S/C13H14BrN3S.ClH/c14-9-3-1-8(2-4-9)13(16)6-5-10-11(7-13)18-12(15)17-10;/h1-4H,5-7,16H2,(H2,15,17);1H. The van der Waals surface area contributed by atoms with Crippen LogP contribution in [0.15, 0.2) is 28.7 Å². The lowest BCUT2D eigenvalue weighted by Gasteiger charge is -2.33. The Kier molecular flexibility index (Phi) is 4.20. The molecule has 1 aliphatic rings. The van der Waals surface area contributed by atoms with Crippen molar-refractivity contribution in [1.29, 1.82) is 0 Å². The van der Waals surface area contributed by atoms with Gasteiger partial charge in [-0.1, -0.05) is 28.1 Å². The van der Waals surface area contributed by atoms with Gasteiger partial charge in [0.05, 0.1) is 5.69 Å². The number of nitrogens with zero attached hydrogens (tertiary/aromatic N) is 1. The number of rotatable bonds is 1. The van der Waals surface area contributed by atoms with E-state index in [0.29, 0.717) is 5.13 Å². The van der Waals surface area contributed by atoms with E-state index in [4.69, 9.17) is 11.5 Å². The normalized spacial score (nSPS) is 21.6. The van der Waals surface area contributed by atoms with Crippen molar-refractivity contribution < 1.29 is 0 Å². The minimum Gasteiger partial charge on any atom is -0.375 e. The van der Waals surface area contributed by atoms with E-state index in [1.54, 1.807) is 11.3 Å². The number of anilines is 1. The zero-order valence-electron chi connectivity index (χ0n) is 10.2. The van der Waals surface area contributed by atoms with E-state index in [-0.39, 0.29) is 17.9 Å². The van der Waals surface area contributed by atoms with E-state index in [1.807, 2.05) is 12.1 Å². The van der Waals surface area contributed by atoms with Crippen molar-refractivity contribution in [3.63, 3.8) is 0 Å². The third-order valence-electron chi connectivity index (χ3n) is 3.50. The Bertz CT molecular complexity index is 584. The maximum absolute atomic E-state index is 6.58. The van der Waals surface area contributed by atoms with Crippen molar-refractivity contribution in [3.8, 4) is 0 Å². The summed E-state index contributed by atoms with van der Waals surface area (Å²) in [6.45, 7) is 0. The number of aryl methyl sites for hydroxylation is 1. The summed E-state index contributed by atoms with van der Waals surface area (Å²) >= 11 is 5.02. The molecule has 1 aliphatic carbocycles. The van der Waals surface area contributed by atoms with Crippen LogP contribution in [0.1, 0.15) is 22.6 Å². The first-order valence-electron chi connectivity index (χ1n) is 5.86. The van der Waals surface area contributed by atoms with E-state index in [1.165, 1.54) is 10.4 Å². The molecule has 6 heteroatoms. The average Bonchev–Trinajstić information content (AvgIpc) is 2.69. The Labute approximate surface area is 131 Å². The summed E-state index contributed by atoms with van der Waals surface area (Å²) in [6.07, 6.45) is 2.67. The second-order valence-electron chi connectivity index (χ2n) is 4.76. The van der Waals surface area contributed by atoms with Gasteiger partial charge in [0.15, 0.2) is 5.13 Å². The smallest absolute Gasteiger partial charge is 0.180 e. The van der Waals surface area contributed by atoms with Crippen molar-refractivity contribution in [2.45, 2.75) is 24.8 Å². The van der Waals surface area contributed by atoms with Crippen LogP contribution in [-0.4, -0.2) is 4.98 Å². The van der Waals surface area contributed by atoms with E-state index in [0.717, 1.165) is 29.4 Å². The predicted octanol–water partition coefficient (Wildman–Crippen LogP) is 3.25. The Balaban J connectivity index is 0.00000133. The number of nitrogen functional groups attached to an aromatic ring is 1. The van der Waals surface area contributed by atoms with Crippen molar-refractivity contribution >= 4 is 44.8 Å². The summed E-state index contributed by atoms with van der Waals surface area (Å²) in [7, 11) is 0. The van der Waals surface area contributed by atoms with Gasteiger partial charge in [-0.15, -0.1) is 23.7 Å². The van der Waals surface area contributed by atoms with Crippen molar-refractivity contribution in [3.05, 3.63) is 44.9 Å². The molecule has 3 rings (SSSR count). The van der Waals surface area contributed by atoms with Gasteiger partial charge in [0.25, 0.3) is 0 Å². The van der Waals surface area contributed by atoms with Crippen LogP contribution in [0.2, 0.25) is 0 Å². The average molecular weight is 361 g/mol. The van der Waals surface area contributed by atoms with E-state index in [2.05, 4.69) is 33.0 Å². The molecule has 1 heterocycles. The highest BCUT2D eigenvalue weighted by atomic mass is 79.9. The lowest BCUT2D eigenvalue weighted by atomic mass is 9.79. The molecule has 1 unspecified atom stereocenters. The Morgan fingerprint density at radius 2 is 1.95 bits per heavy atom. The lowest BCUT2D eigenvalue weighted by Crippen LogP contribution is -2.41. The van der Waals surface area contributed by atoms with E-state index >= 15 is 0 Å². The molecule has 1 aromatic carbocycles. The van der Waals surface area contributed by atoms with Gasteiger partial charge in [-0.3, -0.25) is 0 Å². The molecule has 2 aromatic rings. The van der Waals surface area contributed by atoms with Gasteiger partial charge in [0.1, 0.15) is 0 Å². The fraction of sp³-hybridized carbons (Fsp3) is 0.308. The number of aromatic nitrogens is 1. The zero-order chi connectivity index (χ0) is 12.8. The number of fused-ring (bicyclic) bond motifs is 1. The topological polar surface area (TPSA) is 64.9 Å². The van der Waals surface area contributed by atoms with Gasteiger partial charge >= 0.3 is 0 Å². The second kappa shape index (κ2) is 5.40. The molecule has 0 amide bonds. The maximum atomic E-state index is 6.58. The SMILES string of the molecule is Cl.Nc1nc2c(s1)CC(N)(c1ccc(Br)cc1)CC2. The molecular weight excluding hydrogens is 346 g/mol. The summed E-state index contributed by atoms with van der Waals surface area (Å²) in [5.74, 6) is 0. The summed E-state index contributed by atoms with van der Waals surface area (Å²) < 4.78 is 1.08. The van der Waals surface area contributed by atoms with Crippen molar-refractivity contribution in [2.24, 2.45) is 5.73 Å². The molecule has 4 N–H and O–H groups in total. The summed E-state index contributed by atoms with van der Waals surface area (Å²) in [5, 5.41) is 0.653. The Morgan fingerprint density at radius 3 is 2.63 bits per heavy atom. The molecule has 0 fully saturated rings. The van der Waals surface area contributed by atoms with Crippen LogP contribution < -0.4 is 11.5 Å². The third kappa shape index (κ3) is 2.79. The first-order valence-corrected chi connectivity index (χ1v) is 7.47. The molecule has 1 atom stereocenters. The summed E-state index contributed by atoms with van der Waals surface area (Å²) in [5.41, 5.74) is 14.4. The second-order valence-corrected chi connectivity index (χ2v) is 6.79. The number of thiazole rings is 1. The maximum Gasteiger partial charge on any atom is 0.180 e. The van der Waals surface area contributed by atoms with Gasteiger partial charge in [-0.05, 0) is 30.5 Å². The first-order chi connectivity index (χ1) is 8.57. The van der Waals surface area contributed by atoms with Crippen LogP contribution in [0, 0.1) is 0 Å². The Hall–Kier alpha value is -0.620. The summed E-state index contributed by atoms with van der Waals surface area (Å²) in [6, 6.07) is 8.28.